The molecule has 390 valence electrons. The van der Waals surface area contributed by atoms with Crippen molar-refractivity contribution in [3.05, 3.63) is 0 Å². The SMILES string of the molecule is CCCCCCCCCCCCCCCCCCCCCCCCCCCCOCC(COP(=O)(O)OCCN)OC(=O)CCCCCCCCCCCCCCCCCCCCCC. The van der Waals surface area contributed by atoms with E-state index in [0.29, 0.717) is 13.0 Å². The lowest BCUT2D eigenvalue weighted by atomic mass is 10.0. The summed E-state index contributed by atoms with van der Waals surface area (Å²) in [4.78, 5) is 22.7. The number of nitrogens with two attached hydrogens (primary N) is 1. The molecule has 65 heavy (non-hydrogen) atoms. The zero-order chi connectivity index (χ0) is 47.3. The molecule has 3 N–H and O–H groups in total. The second-order valence-corrected chi connectivity index (χ2v) is 21.3. The molecule has 0 amide bonds. The van der Waals surface area contributed by atoms with Crippen LogP contribution in [0, 0.1) is 0 Å². The topological polar surface area (TPSA) is 117 Å². The minimum Gasteiger partial charge on any atom is -0.457 e. The van der Waals surface area contributed by atoms with Crippen molar-refractivity contribution in [2.24, 2.45) is 5.73 Å². The summed E-state index contributed by atoms with van der Waals surface area (Å²) in [5, 5.41) is 0. The number of carbonyl (C=O) groups is 1. The molecule has 0 aliphatic rings. The molecule has 0 aliphatic carbocycles. The smallest absolute Gasteiger partial charge is 0.457 e. The molecule has 0 fully saturated rings. The quantitative estimate of drug-likeness (QED) is 0.0352. The van der Waals surface area contributed by atoms with Crippen molar-refractivity contribution in [1.82, 2.24) is 0 Å². The maximum atomic E-state index is 12.7. The van der Waals surface area contributed by atoms with Gasteiger partial charge < -0.3 is 20.1 Å². The minimum atomic E-state index is -4.28. The Hall–Kier alpha value is -0.500. The van der Waals surface area contributed by atoms with Gasteiger partial charge in [0.2, 0.25) is 0 Å². The average molecular weight is 945 g/mol. The van der Waals surface area contributed by atoms with Crippen LogP contribution in [0.5, 0.6) is 0 Å². The van der Waals surface area contributed by atoms with Gasteiger partial charge in [-0.1, -0.05) is 296 Å². The number of ether oxygens (including phenoxy) is 2. The third kappa shape index (κ3) is 54.3. The lowest BCUT2D eigenvalue weighted by Crippen LogP contribution is -2.28. The fraction of sp³-hybridized carbons (Fsp3) is 0.982. The van der Waals surface area contributed by atoms with Gasteiger partial charge in [-0.05, 0) is 12.8 Å². The van der Waals surface area contributed by atoms with Crippen LogP contribution in [0.2, 0.25) is 0 Å². The molecule has 0 aliphatic heterocycles. The average Bonchev–Trinajstić information content (AvgIpc) is 3.30. The molecule has 0 rings (SSSR count). The van der Waals surface area contributed by atoms with E-state index >= 15 is 0 Å². The number of unbranched alkanes of at least 4 members (excludes halogenated alkanes) is 44. The predicted octanol–water partition coefficient (Wildman–Crippen LogP) is 18.4. The van der Waals surface area contributed by atoms with Gasteiger partial charge in [0, 0.05) is 19.6 Å². The van der Waals surface area contributed by atoms with Crippen LogP contribution in [0.4, 0.5) is 0 Å². The molecular weight excluding hydrogens is 830 g/mol. The summed E-state index contributed by atoms with van der Waals surface area (Å²) in [6.45, 7) is 5.02. The molecule has 0 saturated heterocycles. The number of esters is 1. The molecule has 2 unspecified atom stereocenters. The standard InChI is InChI=1S/C56H114NO7P/c1-3-5-7-9-11-13-15-17-19-21-23-25-26-27-28-29-30-32-34-36-38-40-42-44-46-48-51-61-53-55(54-63-65(59,60)62-52-50-57)64-56(58)49-47-45-43-41-39-37-35-33-31-24-22-20-18-16-14-12-10-8-6-4-2/h55H,3-54,57H2,1-2H3,(H,59,60). The van der Waals surface area contributed by atoms with Gasteiger partial charge in [0.25, 0.3) is 0 Å². The van der Waals surface area contributed by atoms with E-state index in [1.807, 2.05) is 0 Å². The Morgan fingerprint density at radius 1 is 0.400 bits per heavy atom. The van der Waals surface area contributed by atoms with Crippen LogP contribution in [-0.2, 0) is 27.9 Å². The van der Waals surface area contributed by atoms with Crippen LogP contribution in [0.1, 0.15) is 316 Å². The molecule has 8 nitrogen and oxygen atoms in total. The van der Waals surface area contributed by atoms with Crippen molar-refractivity contribution in [1.29, 1.82) is 0 Å². The summed E-state index contributed by atoms with van der Waals surface area (Å²) in [5.41, 5.74) is 5.40. The Kier molecular flexibility index (Phi) is 54.0. The van der Waals surface area contributed by atoms with E-state index < -0.39 is 13.9 Å². The van der Waals surface area contributed by atoms with E-state index in [1.165, 1.54) is 263 Å². The van der Waals surface area contributed by atoms with Gasteiger partial charge in [0.1, 0.15) is 6.10 Å². The molecule has 0 radical (unpaired) electrons. The van der Waals surface area contributed by atoms with Crippen LogP contribution in [0.3, 0.4) is 0 Å². The fourth-order valence-corrected chi connectivity index (χ4v) is 9.77. The monoisotopic (exact) mass is 944 g/mol. The highest BCUT2D eigenvalue weighted by molar-refractivity contribution is 7.47. The molecular formula is C56H114NO7P. The first-order valence-corrected chi connectivity index (χ1v) is 30.5. The Balaban J connectivity index is 3.80. The minimum absolute atomic E-state index is 0.0895. The summed E-state index contributed by atoms with van der Waals surface area (Å²) >= 11 is 0. The van der Waals surface area contributed by atoms with Gasteiger partial charge in [-0.3, -0.25) is 13.8 Å². The summed E-state index contributed by atoms with van der Waals surface area (Å²) < 4.78 is 33.7. The number of rotatable bonds is 57. The maximum absolute atomic E-state index is 12.7. The molecule has 0 aromatic carbocycles. The number of phosphoric ester groups is 1. The van der Waals surface area contributed by atoms with Crippen molar-refractivity contribution >= 4 is 13.8 Å². The fourth-order valence-electron chi connectivity index (χ4n) is 9.00. The molecule has 0 aromatic rings. The highest BCUT2D eigenvalue weighted by Crippen LogP contribution is 2.43. The third-order valence-electron chi connectivity index (χ3n) is 13.3. The van der Waals surface area contributed by atoms with E-state index in [1.54, 1.807) is 0 Å². The predicted molar refractivity (Wildman–Crippen MR) is 280 cm³/mol. The largest absolute Gasteiger partial charge is 0.472 e. The van der Waals surface area contributed by atoms with Crippen LogP contribution in [0.25, 0.3) is 0 Å². The first kappa shape index (κ1) is 64.5. The second-order valence-electron chi connectivity index (χ2n) is 19.9. The van der Waals surface area contributed by atoms with Crippen molar-refractivity contribution in [2.75, 3.05) is 33.0 Å². The van der Waals surface area contributed by atoms with E-state index in [0.717, 1.165) is 32.1 Å². The van der Waals surface area contributed by atoms with Gasteiger partial charge in [-0.15, -0.1) is 0 Å². The molecule has 2 atom stereocenters. The summed E-state index contributed by atoms with van der Waals surface area (Å²) in [6.07, 6.45) is 61.6. The number of hydrogen-bond acceptors (Lipinski definition) is 7. The number of phosphoric acid groups is 1. The zero-order valence-corrected chi connectivity index (χ0v) is 44.7. The van der Waals surface area contributed by atoms with Gasteiger partial charge >= 0.3 is 13.8 Å². The van der Waals surface area contributed by atoms with Crippen molar-refractivity contribution in [2.45, 2.75) is 322 Å². The highest BCUT2D eigenvalue weighted by atomic mass is 31.2. The van der Waals surface area contributed by atoms with Crippen molar-refractivity contribution in [3.63, 3.8) is 0 Å². The van der Waals surface area contributed by atoms with E-state index in [2.05, 4.69) is 13.8 Å². The van der Waals surface area contributed by atoms with Gasteiger partial charge in [0.05, 0.1) is 19.8 Å². The van der Waals surface area contributed by atoms with E-state index in [4.69, 9.17) is 24.3 Å². The second kappa shape index (κ2) is 54.4. The normalized spacial score (nSPS) is 13.1. The van der Waals surface area contributed by atoms with Crippen LogP contribution in [0.15, 0.2) is 0 Å². The summed E-state index contributed by atoms with van der Waals surface area (Å²) in [5.74, 6) is -0.319. The zero-order valence-electron chi connectivity index (χ0n) is 43.8. The Labute approximate surface area is 405 Å². The summed E-state index contributed by atoms with van der Waals surface area (Å²) in [6, 6.07) is 0. The molecule has 0 heterocycles. The molecule has 0 saturated carbocycles. The highest BCUT2D eigenvalue weighted by Gasteiger charge is 2.25. The first-order chi connectivity index (χ1) is 31.9. The van der Waals surface area contributed by atoms with Crippen LogP contribution < -0.4 is 5.73 Å². The van der Waals surface area contributed by atoms with E-state index in [-0.39, 0.29) is 32.3 Å². The van der Waals surface area contributed by atoms with Crippen molar-refractivity contribution in [3.8, 4) is 0 Å². The molecule has 0 aromatic heterocycles. The first-order valence-electron chi connectivity index (χ1n) is 29.0. The van der Waals surface area contributed by atoms with Crippen LogP contribution >= 0.6 is 7.82 Å². The summed E-state index contributed by atoms with van der Waals surface area (Å²) in [7, 11) is -4.28. The van der Waals surface area contributed by atoms with Crippen LogP contribution in [-0.4, -0.2) is 49.9 Å². The Bertz CT molecular complexity index is 971. The lowest BCUT2D eigenvalue weighted by Gasteiger charge is -2.20. The van der Waals surface area contributed by atoms with E-state index in [9.17, 15) is 14.3 Å². The molecule has 0 bridgehead atoms. The Morgan fingerprint density at radius 3 is 0.969 bits per heavy atom. The Morgan fingerprint density at radius 2 is 0.677 bits per heavy atom. The van der Waals surface area contributed by atoms with Gasteiger partial charge in [-0.25, -0.2) is 4.57 Å². The maximum Gasteiger partial charge on any atom is 0.472 e. The third-order valence-corrected chi connectivity index (χ3v) is 14.3. The number of carbonyl (C=O) groups excluding carboxylic acids is 1. The van der Waals surface area contributed by atoms with Gasteiger partial charge in [0.15, 0.2) is 0 Å². The van der Waals surface area contributed by atoms with Gasteiger partial charge in [-0.2, -0.15) is 0 Å². The lowest BCUT2D eigenvalue weighted by molar-refractivity contribution is -0.154. The van der Waals surface area contributed by atoms with Crippen molar-refractivity contribution < 1.29 is 32.8 Å². The molecule has 9 heteroatoms. The number of hydrogen-bond donors (Lipinski definition) is 2. The molecule has 0 spiro atoms.